The quantitative estimate of drug-likeness (QED) is 0.784. The fourth-order valence-corrected chi connectivity index (χ4v) is 2.61. The second kappa shape index (κ2) is 6.32. The summed E-state index contributed by atoms with van der Waals surface area (Å²) >= 11 is 1.36. The van der Waals surface area contributed by atoms with Gasteiger partial charge in [0.1, 0.15) is 10.8 Å². The highest BCUT2D eigenvalue weighted by atomic mass is 32.1. The monoisotopic (exact) mass is 299 g/mol. The molecule has 0 radical (unpaired) electrons. The molecule has 6 heteroatoms. The summed E-state index contributed by atoms with van der Waals surface area (Å²) in [5.41, 5.74) is 0.992. The van der Waals surface area contributed by atoms with Gasteiger partial charge in [0.15, 0.2) is 0 Å². The van der Waals surface area contributed by atoms with Crippen molar-refractivity contribution in [1.82, 2.24) is 10.2 Å². The van der Waals surface area contributed by atoms with Crippen LogP contribution in [-0.4, -0.2) is 16.1 Å². The number of aromatic nitrogens is 2. The molecule has 1 aromatic carbocycles. The summed E-state index contributed by atoms with van der Waals surface area (Å²) in [6.45, 7) is 0. The van der Waals surface area contributed by atoms with Crippen LogP contribution in [0, 0.1) is 0 Å². The van der Waals surface area contributed by atoms with E-state index in [1.165, 1.54) is 11.3 Å². The summed E-state index contributed by atoms with van der Waals surface area (Å²) in [5.74, 6) is 0.703. The summed E-state index contributed by atoms with van der Waals surface area (Å²) < 4.78 is 5.19. The van der Waals surface area contributed by atoms with Gasteiger partial charge in [-0.3, -0.25) is 4.79 Å². The van der Waals surface area contributed by atoms with Crippen molar-refractivity contribution in [2.24, 2.45) is 0 Å². The number of nitrogens with one attached hydrogen (secondary N) is 1. The first-order valence-corrected chi connectivity index (χ1v) is 7.34. The Labute approximate surface area is 125 Å². The Bertz CT molecular complexity index is 708. The van der Waals surface area contributed by atoms with Crippen molar-refractivity contribution in [3.8, 4) is 10.6 Å². The lowest BCUT2D eigenvalue weighted by molar-refractivity contribution is -0.116. The van der Waals surface area contributed by atoms with Crippen LogP contribution in [0.15, 0.2) is 53.1 Å². The average molecular weight is 299 g/mol. The molecule has 0 atom stereocenters. The van der Waals surface area contributed by atoms with E-state index in [4.69, 9.17) is 4.42 Å². The van der Waals surface area contributed by atoms with Gasteiger partial charge in [-0.25, -0.2) is 0 Å². The number of rotatable bonds is 5. The van der Waals surface area contributed by atoms with Gasteiger partial charge in [-0.2, -0.15) is 0 Å². The van der Waals surface area contributed by atoms with E-state index in [0.29, 0.717) is 18.0 Å². The maximum atomic E-state index is 11.8. The Hall–Kier alpha value is -2.47. The van der Waals surface area contributed by atoms with Crippen LogP contribution in [0.4, 0.5) is 5.13 Å². The molecule has 3 rings (SSSR count). The van der Waals surface area contributed by atoms with Gasteiger partial charge in [-0.15, -0.1) is 10.2 Å². The minimum Gasteiger partial charge on any atom is -0.469 e. The molecule has 0 saturated carbocycles. The van der Waals surface area contributed by atoms with E-state index in [1.54, 1.807) is 6.26 Å². The normalized spacial score (nSPS) is 10.5. The van der Waals surface area contributed by atoms with Crippen LogP contribution in [0.3, 0.4) is 0 Å². The Balaban J connectivity index is 1.58. The van der Waals surface area contributed by atoms with Crippen LogP contribution in [-0.2, 0) is 11.2 Å². The zero-order chi connectivity index (χ0) is 14.5. The molecule has 0 fully saturated rings. The summed E-state index contributed by atoms with van der Waals surface area (Å²) in [7, 11) is 0. The molecular weight excluding hydrogens is 286 g/mol. The van der Waals surface area contributed by atoms with Gasteiger partial charge in [0.25, 0.3) is 0 Å². The number of anilines is 1. The molecule has 3 aromatic rings. The highest BCUT2D eigenvalue weighted by molar-refractivity contribution is 7.18. The molecule has 0 aliphatic carbocycles. The molecule has 5 nitrogen and oxygen atoms in total. The number of hydrogen-bond donors (Lipinski definition) is 1. The molecule has 0 aliphatic heterocycles. The third kappa shape index (κ3) is 3.55. The van der Waals surface area contributed by atoms with E-state index >= 15 is 0 Å². The lowest BCUT2D eigenvalue weighted by Gasteiger charge is -1.99. The zero-order valence-electron chi connectivity index (χ0n) is 11.2. The van der Waals surface area contributed by atoms with Crippen LogP contribution in [0.2, 0.25) is 0 Å². The van der Waals surface area contributed by atoms with Crippen LogP contribution in [0.25, 0.3) is 10.6 Å². The average Bonchev–Trinajstić information content (AvgIpc) is 3.17. The van der Waals surface area contributed by atoms with Crippen LogP contribution < -0.4 is 5.32 Å². The van der Waals surface area contributed by atoms with Crippen molar-refractivity contribution in [2.75, 3.05) is 5.32 Å². The first-order chi connectivity index (χ1) is 10.3. The number of nitrogens with zero attached hydrogens (tertiary/aromatic N) is 2. The van der Waals surface area contributed by atoms with Gasteiger partial charge in [0, 0.05) is 18.4 Å². The highest BCUT2D eigenvalue weighted by Gasteiger charge is 2.10. The molecule has 21 heavy (non-hydrogen) atoms. The van der Waals surface area contributed by atoms with E-state index in [0.717, 1.165) is 16.3 Å². The summed E-state index contributed by atoms with van der Waals surface area (Å²) in [6.07, 6.45) is 2.53. The van der Waals surface area contributed by atoms with Crippen molar-refractivity contribution < 1.29 is 9.21 Å². The first-order valence-electron chi connectivity index (χ1n) is 6.52. The third-order valence-corrected chi connectivity index (χ3v) is 3.76. The number of furan rings is 1. The molecule has 2 aromatic heterocycles. The molecule has 0 aliphatic rings. The molecule has 1 N–H and O–H groups in total. The number of carbonyl (C=O) groups is 1. The first kappa shape index (κ1) is 13.5. The van der Waals surface area contributed by atoms with Crippen molar-refractivity contribution in [2.45, 2.75) is 12.8 Å². The van der Waals surface area contributed by atoms with Crippen LogP contribution in [0.1, 0.15) is 12.2 Å². The SMILES string of the molecule is O=C(CCc1ccco1)Nc1nnc(-c2ccccc2)s1. The largest absolute Gasteiger partial charge is 0.469 e. The van der Waals surface area contributed by atoms with E-state index in [2.05, 4.69) is 15.5 Å². The van der Waals surface area contributed by atoms with Crippen molar-refractivity contribution in [3.63, 3.8) is 0 Å². The fourth-order valence-electron chi connectivity index (χ4n) is 1.84. The second-order valence-corrected chi connectivity index (χ2v) is 5.38. The van der Waals surface area contributed by atoms with E-state index in [1.807, 2.05) is 42.5 Å². The number of amides is 1. The van der Waals surface area contributed by atoms with Gasteiger partial charge in [0.05, 0.1) is 6.26 Å². The van der Waals surface area contributed by atoms with Gasteiger partial charge in [-0.1, -0.05) is 41.7 Å². The number of carbonyl (C=O) groups excluding carboxylic acids is 1. The predicted molar refractivity (Wildman–Crippen MR) is 81.0 cm³/mol. The Kier molecular flexibility index (Phi) is 4.07. The van der Waals surface area contributed by atoms with Crippen molar-refractivity contribution >= 4 is 22.4 Å². The van der Waals surface area contributed by atoms with Crippen LogP contribution in [0.5, 0.6) is 0 Å². The molecule has 2 heterocycles. The molecular formula is C15H13N3O2S. The van der Waals surface area contributed by atoms with E-state index in [9.17, 15) is 4.79 Å². The number of aryl methyl sites for hydroxylation is 1. The molecule has 0 bridgehead atoms. The Morgan fingerprint density at radius 1 is 1.14 bits per heavy atom. The number of hydrogen-bond acceptors (Lipinski definition) is 5. The van der Waals surface area contributed by atoms with Gasteiger partial charge in [-0.05, 0) is 12.1 Å². The van der Waals surface area contributed by atoms with E-state index < -0.39 is 0 Å². The fraction of sp³-hybridized carbons (Fsp3) is 0.133. The lowest BCUT2D eigenvalue weighted by atomic mass is 10.2. The van der Waals surface area contributed by atoms with Crippen molar-refractivity contribution in [1.29, 1.82) is 0 Å². The third-order valence-electron chi connectivity index (χ3n) is 2.87. The van der Waals surface area contributed by atoms with Gasteiger partial charge in [0.2, 0.25) is 11.0 Å². The minimum absolute atomic E-state index is 0.0952. The predicted octanol–water partition coefficient (Wildman–Crippen LogP) is 3.37. The highest BCUT2D eigenvalue weighted by Crippen LogP contribution is 2.25. The molecule has 0 unspecified atom stereocenters. The summed E-state index contributed by atoms with van der Waals surface area (Å²) in [5, 5.41) is 12.1. The topological polar surface area (TPSA) is 68.0 Å². The zero-order valence-corrected chi connectivity index (χ0v) is 12.0. The van der Waals surface area contributed by atoms with E-state index in [-0.39, 0.29) is 5.91 Å². The van der Waals surface area contributed by atoms with Gasteiger partial charge >= 0.3 is 0 Å². The smallest absolute Gasteiger partial charge is 0.226 e. The Morgan fingerprint density at radius 3 is 2.76 bits per heavy atom. The molecule has 0 spiro atoms. The maximum absolute atomic E-state index is 11.8. The molecule has 106 valence electrons. The second-order valence-electron chi connectivity index (χ2n) is 4.41. The standard InChI is InChI=1S/C15H13N3O2S/c19-13(9-8-12-7-4-10-20-12)16-15-18-17-14(21-15)11-5-2-1-3-6-11/h1-7,10H,8-9H2,(H,16,18,19). The Morgan fingerprint density at radius 2 is 2.00 bits per heavy atom. The van der Waals surface area contributed by atoms with Gasteiger partial charge < -0.3 is 9.73 Å². The van der Waals surface area contributed by atoms with Crippen molar-refractivity contribution in [3.05, 3.63) is 54.5 Å². The maximum Gasteiger partial charge on any atom is 0.226 e. The molecule has 0 saturated heterocycles. The summed E-state index contributed by atoms with van der Waals surface area (Å²) in [4.78, 5) is 11.8. The van der Waals surface area contributed by atoms with Crippen LogP contribution >= 0.6 is 11.3 Å². The minimum atomic E-state index is -0.0952. The lowest BCUT2D eigenvalue weighted by Crippen LogP contribution is -2.11. The summed E-state index contributed by atoms with van der Waals surface area (Å²) in [6, 6.07) is 13.4. The molecule has 1 amide bonds. The number of benzene rings is 1.